The van der Waals surface area contributed by atoms with Crippen molar-refractivity contribution in [2.75, 3.05) is 6.54 Å². The van der Waals surface area contributed by atoms with Gasteiger partial charge in [-0.05, 0) is 62.5 Å². The number of hydrogen-bond donors (Lipinski definition) is 0. The summed E-state index contributed by atoms with van der Waals surface area (Å²) in [7, 11) is 0. The van der Waals surface area contributed by atoms with Gasteiger partial charge >= 0.3 is 0 Å². The summed E-state index contributed by atoms with van der Waals surface area (Å²) < 4.78 is 0. The highest BCUT2D eigenvalue weighted by Crippen LogP contribution is 2.50. The normalized spacial score (nSPS) is 22.5. The molecule has 3 rings (SSSR count). The maximum Gasteiger partial charge on any atom is 0.0492 e. The number of nitrogens with zero attached hydrogens (tertiary/aromatic N) is 1. The number of benzene rings is 1. The average Bonchev–Trinajstić information content (AvgIpc) is 3.43. The SMILES string of the molecule is C=CCCC(CN=C1C=CCCC1)(c1ccccc1)C1CC1. The summed E-state index contributed by atoms with van der Waals surface area (Å²) in [5.74, 6) is 0.798. The van der Waals surface area contributed by atoms with Gasteiger partial charge in [-0.25, -0.2) is 0 Å². The lowest BCUT2D eigenvalue weighted by molar-refractivity contribution is 0.354. The van der Waals surface area contributed by atoms with Gasteiger partial charge in [0.15, 0.2) is 0 Å². The largest absolute Gasteiger partial charge is 0.289 e. The standard InChI is InChI=1S/C21H27N/c1-2-3-16-21(19-14-15-19,18-10-6-4-7-11-18)17-22-20-12-8-5-9-13-20/h2,4,6-8,10-12,19H,1,3,5,9,13-17H2. The zero-order valence-corrected chi connectivity index (χ0v) is 13.5. The van der Waals surface area contributed by atoms with Crippen LogP contribution in [-0.4, -0.2) is 12.3 Å². The zero-order valence-electron chi connectivity index (χ0n) is 13.5. The van der Waals surface area contributed by atoms with Crippen LogP contribution in [-0.2, 0) is 5.41 Å². The number of allylic oxidation sites excluding steroid dienone is 3. The van der Waals surface area contributed by atoms with E-state index in [0.29, 0.717) is 0 Å². The Balaban J connectivity index is 1.89. The third kappa shape index (κ3) is 3.40. The van der Waals surface area contributed by atoms with Crippen LogP contribution in [0, 0.1) is 5.92 Å². The van der Waals surface area contributed by atoms with E-state index in [-0.39, 0.29) is 5.41 Å². The molecule has 2 aliphatic carbocycles. The molecule has 0 N–H and O–H groups in total. The van der Waals surface area contributed by atoms with Crippen molar-refractivity contribution in [2.45, 2.75) is 50.4 Å². The highest BCUT2D eigenvalue weighted by molar-refractivity contribution is 5.95. The van der Waals surface area contributed by atoms with E-state index < -0.39 is 0 Å². The molecule has 1 atom stereocenters. The summed E-state index contributed by atoms with van der Waals surface area (Å²) in [4.78, 5) is 5.04. The first-order valence-corrected chi connectivity index (χ1v) is 8.71. The van der Waals surface area contributed by atoms with Crippen LogP contribution in [0.5, 0.6) is 0 Å². The number of hydrogen-bond acceptors (Lipinski definition) is 1. The fourth-order valence-electron chi connectivity index (χ4n) is 3.73. The molecule has 22 heavy (non-hydrogen) atoms. The van der Waals surface area contributed by atoms with Crippen LogP contribution in [0.15, 0.2) is 60.1 Å². The number of aliphatic imine (C=N–C) groups is 1. The van der Waals surface area contributed by atoms with Crippen molar-refractivity contribution in [1.29, 1.82) is 0 Å². The minimum Gasteiger partial charge on any atom is -0.289 e. The van der Waals surface area contributed by atoms with Gasteiger partial charge in [-0.1, -0.05) is 42.5 Å². The maximum absolute atomic E-state index is 5.04. The third-order valence-electron chi connectivity index (χ3n) is 5.18. The topological polar surface area (TPSA) is 12.4 Å². The fraction of sp³-hybridized carbons (Fsp3) is 0.476. The Bertz CT molecular complexity index is 551. The second kappa shape index (κ2) is 7.09. The molecular formula is C21H27N. The Morgan fingerprint density at radius 1 is 1.23 bits per heavy atom. The van der Waals surface area contributed by atoms with Crippen LogP contribution in [0.3, 0.4) is 0 Å². The first-order valence-electron chi connectivity index (χ1n) is 8.71. The van der Waals surface area contributed by atoms with Crippen molar-refractivity contribution in [3.05, 3.63) is 60.7 Å². The molecule has 1 heteroatoms. The second-order valence-electron chi connectivity index (χ2n) is 6.73. The first-order chi connectivity index (χ1) is 10.8. The van der Waals surface area contributed by atoms with Crippen LogP contribution in [0.2, 0.25) is 0 Å². The van der Waals surface area contributed by atoms with Gasteiger partial charge in [-0.15, -0.1) is 6.58 Å². The van der Waals surface area contributed by atoms with E-state index in [1.807, 2.05) is 0 Å². The van der Waals surface area contributed by atoms with E-state index in [9.17, 15) is 0 Å². The van der Waals surface area contributed by atoms with Crippen LogP contribution in [0.1, 0.15) is 50.5 Å². The molecule has 1 unspecified atom stereocenters. The molecule has 0 aromatic heterocycles. The van der Waals surface area contributed by atoms with E-state index in [2.05, 4.69) is 55.1 Å². The lowest BCUT2D eigenvalue weighted by Gasteiger charge is -2.33. The van der Waals surface area contributed by atoms with Gasteiger partial charge in [0.1, 0.15) is 0 Å². The van der Waals surface area contributed by atoms with Gasteiger partial charge in [0, 0.05) is 17.7 Å². The molecule has 1 nitrogen and oxygen atoms in total. The molecule has 0 bridgehead atoms. The molecule has 0 amide bonds. The van der Waals surface area contributed by atoms with E-state index in [1.54, 1.807) is 0 Å². The van der Waals surface area contributed by atoms with Crippen LogP contribution >= 0.6 is 0 Å². The third-order valence-corrected chi connectivity index (χ3v) is 5.18. The highest BCUT2D eigenvalue weighted by Gasteiger charge is 2.45. The summed E-state index contributed by atoms with van der Waals surface area (Å²) in [5.41, 5.74) is 2.99. The van der Waals surface area contributed by atoms with Crippen LogP contribution in [0.25, 0.3) is 0 Å². The molecule has 116 valence electrons. The Morgan fingerprint density at radius 3 is 2.68 bits per heavy atom. The van der Waals surface area contributed by atoms with Crippen LogP contribution in [0.4, 0.5) is 0 Å². The van der Waals surface area contributed by atoms with Gasteiger partial charge in [0.05, 0.1) is 0 Å². The van der Waals surface area contributed by atoms with Gasteiger partial charge in [0.25, 0.3) is 0 Å². The number of rotatable bonds is 7. The van der Waals surface area contributed by atoms with E-state index in [0.717, 1.165) is 25.3 Å². The zero-order chi connectivity index (χ0) is 15.3. The smallest absolute Gasteiger partial charge is 0.0492 e. The molecular weight excluding hydrogens is 266 g/mol. The Labute approximate surface area is 134 Å². The molecule has 1 fully saturated rings. The van der Waals surface area contributed by atoms with Crippen molar-refractivity contribution >= 4 is 5.71 Å². The van der Waals surface area contributed by atoms with Crippen molar-refractivity contribution in [3.63, 3.8) is 0 Å². The molecule has 0 saturated heterocycles. The minimum atomic E-state index is 0.216. The lowest BCUT2D eigenvalue weighted by atomic mass is 9.72. The second-order valence-corrected chi connectivity index (χ2v) is 6.73. The summed E-state index contributed by atoms with van der Waals surface area (Å²) in [5, 5.41) is 0. The summed E-state index contributed by atoms with van der Waals surface area (Å²) in [6.45, 7) is 4.88. The van der Waals surface area contributed by atoms with Gasteiger partial charge in [-0.3, -0.25) is 4.99 Å². The summed E-state index contributed by atoms with van der Waals surface area (Å²) in [6, 6.07) is 11.1. The predicted molar refractivity (Wildman–Crippen MR) is 95.6 cm³/mol. The molecule has 0 heterocycles. The lowest BCUT2D eigenvalue weighted by Crippen LogP contribution is -2.33. The molecule has 1 aromatic rings. The average molecular weight is 293 g/mol. The van der Waals surface area contributed by atoms with E-state index in [1.165, 1.54) is 43.4 Å². The molecule has 0 aliphatic heterocycles. The molecule has 0 spiro atoms. The molecule has 1 aromatic carbocycles. The fourth-order valence-corrected chi connectivity index (χ4v) is 3.73. The van der Waals surface area contributed by atoms with Crippen molar-refractivity contribution < 1.29 is 0 Å². The van der Waals surface area contributed by atoms with Gasteiger partial charge in [-0.2, -0.15) is 0 Å². The Morgan fingerprint density at radius 2 is 2.05 bits per heavy atom. The summed E-state index contributed by atoms with van der Waals surface area (Å²) in [6.07, 6.45) is 15.1. The monoisotopic (exact) mass is 293 g/mol. The van der Waals surface area contributed by atoms with Crippen molar-refractivity contribution in [1.82, 2.24) is 0 Å². The predicted octanol–water partition coefficient (Wildman–Crippen LogP) is 5.48. The first kappa shape index (κ1) is 15.3. The maximum atomic E-state index is 5.04. The highest BCUT2D eigenvalue weighted by atomic mass is 14.8. The van der Waals surface area contributed by atoms with Gasteiger partial charge < -0.3 is 0 Å². The quantitative estimate of drug-likeness (QED) is 0.590. The Kier molecular flexibility index (Phi) is 4.92. The van der Waals surface area contributed by atoms with E-state index >= 15 is 0 Å². The van der Waals surface area contributed by atoms with E-state index in [4.69, 9.17) is 4.99 Å². The van der Waals surface area contributed by atoms with Crippen molar-refractivity contribution in [3.8, 4) is 0 Å². The minimum absolute atomic E-state index is 0.216. The molecule has 1 saturated carbocycles. The summed E-state index contributed by atoms with van der Waals surface area (Å²) >= 11 is 0. The van der Waals surface area contributed by atoms with Gasteiger partial charge in [0.2, 0.25) is 0 Å². The van der Waals surface area contributed by atoms with Crippen LogP contribution < -0.4 is 0 Å². The molecule has 2 aliphatic rings. The Hall–Kier alpha value is -1.63. The van der Waals surface area contributed by atoms with Crippen molar-refractivity contribution in [2.24, 2.45) is 10.9 Å². The molecule has 0 radical (unpaired) electrons.